The van der Waals surface area contributed by atoms with Gasteiger partial charge in [-0.1, -0.05) is 29.8 Å². The topological polar surface area (TPSA) is 70.7 Å². The quantitative estimate of drug-likeness (QED) is 0.771. The highest BCUT2D eigenvalue weighted by Gasteiger charge is 2.17. The highest BCUT2D eigenvalue weighted by molar-refractivity contribution is 6.31. The number of morpholine rings is 1. The molecule has 0 saturated carbocycles. The predicted molar refractivity (Wildman–Crippen MR) is 108 cm³/mol. The molecule has 0 radical (unpaired) electrons. The minimum atomic E-state index is -0.392. The van der Waals surface area contributed by atoms with Gasteiger partial charge in [-0.15, -0.1) is 0 Å². The van der Waals surface area contributed by atoms with Crippen LogP contribution in [0.5, 0.6) is 0 Å². The van der Waals surface area contributed by atoms with Crippen molar-refractivity contribution < 1.29 is 14.3 Å². The fourth-order valence-corrected chi connectivity index (χ4v) is 3.06. The second kappa shape index (κ2) is 8.88. The standard InChI is InChI=1S/C20H22ClN3O3/c1-14-6-7-15(12-16(14)21)22-19(25)13-20(26)23-17-4-2-3-5-18(17)24-8-10-27-11-9-24/h2-7,12H,8-11,13H2,1H3,(H,22,25)(H,23,26). The number of carbonyl (C=O) groups is 2. The number of para-hydroxylation sites is 2. The average Bonchev–Trinajstić information content (AvgIpc) is 2.66. The van der Waals surface area contributed by atoms with Crippen LogP contribution in [0, 0.1) is 6.92 Å². The van der Waals surface area contributed by atoms with Crippen molar-refractivity contribution in [3.63, 3.8) is 0 Å². The third-order valence-corrected chi connectivity index (χ3v) is 4.71. The molecule has 0 bridgehead atoms. The Labute approximate surface area is 163 Å². The number of amides is 2. The summed E-state index contributed by atoms with van der Waals surface area (Å²) in [5.41, 5.74) is 3.11. The van der Waals surface area contributed by atoms with Crippen molar-refractivity contribution in [1.82, 2.24) is 0 Å². The smallest absolute Gasteiger partial charge is 0.233 e. The highest BCUT2D eigenvalue weighted by atomic mass is 35.5. The summed E-state index contributed by atoms with van der Waals surface area (Å²) in [5, 5.41) is 6.10. The number of hydrogen-bond acceptors (Lipinski definition) is 4. The SMILES string of the molecule is Cc1ccc(NC(=O)CC(=O)Nc2ccccc2N2CCOCC2)cc1Cl. The normalized spacial score (nSPS) is 13.9. The lowest BCUT2D eigenvalue weighted by Crippen LogP contribution is -2.36. The van der Waals surface area contributed by atoms with Crippen LogP contribution >= 0.6 is 11.6 Å². The van der Waals surface area contributed by atoms with Gasteiger partial charge in [-0.05, 0) is 36.8 Å². The lowest BCUT2D eigenvalue weighted by molar-refractivity contribution is -0.123. The van der Waals surface area contributed by atoms with E-state index in [-0.39, 0.29) is 12.3 Å². The first kappa shape index (κ1) is 19.2. The number of anilines is 3. The third kappa shape index (κ3) is 5.21. The van der Waals surface area contributed by atoms with Crippen LogP contribution in [0.4, 0.5) is 17.1 Å². The first-order chi connectivity index (χ1) is 13.0. The number of benzene rings is 2. The number of nitrogens with zero attached hydrogens (tertiary/aromatic N) is 1. The molecule has 6 nitrogen and oxygen atoms in total. The highest BCUT2D eigenvalue weighted by Crippen LogP contribution is 2.26. The van der Waals surface area contributed by atoms with E-state index in [1.54, 1.807) is 12.1 Å². The van der Waals surface area contributed by atoms with Gasteiger partial charge < -0.3 is 20.3 Å². The Morgan fingerprint density at radius 2 is 1.78 bits per heavy atom. The van der Waals surface area contributed by atoms with E-state index in [9.17, 15) is 9.59 Å². The van der Waals surface area contributed by atoms with E-state index in [1.165, 1.54) is 0 Å². The molecule has 27 heavy (non-hydrogen) atoms. The van der Waals surface area contributed by atoms with Gasteiger partial charge in [0.15, 0.2) is 0 Å². The third-order valence-electron chi connectivity index (χ3n) is 4.31. The Morgan fingerprint density at radius 1 is 1.07 bits per heavy atom. The summed E-state index contributed by atoms with van der Waals surface area (Å²) in [6, 6.07) is 12.8. The van der Waals surface area contributed by atoms with Crippen LogP contribution in [0.2, 0.25) is 5.02 Å². The monoisotopic (exact) mass is 387 g/mol. The minimum absolute atomic E-state index is 0.275. The van der Waals surface area contributed by atoms with Gasteiger partial charge in [-0.2, -0.15) is 0 Å². The van der Waals surface area contributed by atoms with Crippen molar-refractivity contribution in [3.8, 4) is 0 Å². The van der Waals surface area contributed by atoms with Crippen molar-refractivity contribution >= 4 is 40.5 Å². The second-order valence-corrected chi connectivity index (χ2v) is 6.76. The Bertz CT molecular complexity index is 835. The average molecular weight is 388 g/mol. The van der Waals surface area contributed by atoms with Crippen LogP contribution in [-0.4, -0.2) is 38.1 Å². The van der Waals surface area contributed by atoms with Crippen LogP contribution in [0.15, 0.2) is 42.5 Å². The number of hydrogen-bond donors (Lipinski definition) is 2. The molecule has 0 aliphatic carbocycles. The van der Waals surface area contributed by atoms with Crippen molar-refractivity contribution in [1.29, 1.82) is 0 Å². The van der Waals surface area contributed by atoms with E-state index in [0.29, 0.717) is 29.6 Å². The molecule has 2 aromatic carbocycles. The number of carbonyl (C=O) groups excluding carboxylic acids is 2. The molecule has 0 unspecified atom stereocenters. The van der Waals surface area contributed by atoms with Crippen LogP contribution in [-0.2, 0) is 14.3 Å². The number of aryl methyl sites for hydroxylation is 1. The van der Waals surface area contributed by atoms with Gasteiger partial charge in [0.05, 0.1) is 24.6 Å². The van der Waals surface area contributed by atoms with Crippen molar-refractivity contribution in [2.75, 3.05) is 41.8 Å². The van der Waals surface area contributed by atoms with E-state index in [4.69, 9.17) is 16.3 Å². The predicted octanol–water partition coefficient (Wildman–Crippen LogP) is 3.45. The largest absolute Gasteiger partial charge is 0.378 e. The number of halogens is 1. The molecular weight excluding hydrogens is 366 g/mol. The van der Waals surface area contributed by atoms with E-state index in [1.807, 2.05) is 37.3 Å². The van der Waals surface area contributed by atoms with Crippen molar-refractivity contribution in [2.45, 2.75) is 13.3 Å². The summed E-state index contributed by atoms with van der Waals surface area (Å²) < 4.78 is 5.38. The zero-order chi connectivity index (χ0) is 19.2. The van der Waals surface area contributed by atoms with Crippen LogP contribution in [0.3, 0.4) is 0 Å². The Morgan fingerprint density at radius 3 is 2.52 bits per heavy atom. The van der Waals surface area contributed by atoms with Crippen molar-refractivity contribution in [2.24, 2.45) is 0 Å². The van der Waals surface area contributed by atoms with Gasteiger partial charge in [0, 0.05) is 23.8 Å². The molecule has 2 N–H and O–H groups in total. The van der Waals surface area contributed by atoms with Gasteiger partial charge in [0.1, 0.15) is 6.42 Å². The first-order valence-electron chi connectivity index (χ1n) is 8.80. The van der Waals surface area contributed by atoms with Crippen LogP contribution in [0.1, 0.15) is 12.0 Å². The molecule has 2 aromatic rings. The molecule has 1 aliphatic rings. The molecule has 1 fully saturated rings. The maximum Gasteiger partial charge on any atom is 0.233 e. The fraction of sp³-hybridized carbons (Fsp3) is 0.300. The number of rotatable bonds is 5. The maximum atomic E-state index is 12.3. The molecule has 2 amide bonds. The second-order valence-electron chi connectivity index (χ2n) is 6.35. The zero-order valence-corrected chi connectivity index (χ0v) is 15.9. The Hall–Kier alpha value is -2.57. The Balaban J connectivity index is 1.60. The van der Waals surface area contributed by atoms with Gasteiger partial charge in [-0.3, -0.25) is 9.59 Å². The van der Waals surface area contributed by atoms with Crippen LogP contribution < -0.4 is 15.5 Å². The summed E-state index contributed by atoms with van der Waals surface area (Å²) in [7, 11) is 0. The van der Waals surface area contributed by atoms with Crippen LogP contribution in [0.25, 0.3) is 0 Å². The van der Waals surface area contributed by atoms with Gasteiger partial charge in [0.2, 0.25) is 11.8 Å². The molecule has 142 valence electrons. The molecule has 0 spiro atoms. The summed E-state index contributed by atoms with van der Waals surface area (Å²) in [5.74, 6) is -0.761. The molecule has 1 aliphatic heterocycles. The summed E-state index contributed by atoms with van der Waals surface area (Å²) in [6.07, 6.45) is -0.275. The van der Waals surface area contributed by atoms with E-state index < -0.39 is 5.91 Å². The summed E-state index contributed by atoms with van der Waals surface area (Å²) >= 11 is 6.06. The zero-order valence-electron chi connectivity index (χ0n) is 15.1. The number of ether oxygens (including phenoxy) is 1. The molecule has 7 heteroatoms. The van der Waals surface area contributed by atoms with E-state index >= 15 is 0 Å². The van der Waals surface area contributed by atoms with Gasteiger partial charge in [-0.25, -0.2) is 0 Å². The molecule has 1 heterocycles. The molecule has 1 saturated heterocycles. The van der Waals surface area contributed by atoms with Gasteiger partial charge in [0.25, 0.3) is 0 Å². The fourth-order valence-electron chi connectivity index (χ4n) is 2.88. The maximum absolute atomic E-state index is 12.3. The number of nitrogens with one attached hydrogen (secondary N) is 2. The molecule has 3 rings (SSSR count). The molecule has 0 atom stereocenters. The lowest BCUT2D eigenvalue weighted by Gasteiger charge is -2.30. The lowest BCUT2D eigenvalue weighted by atomic mass is 10.2. The van der Waals surface area contributed by atoms with Crippen molar-refractivity contribution in [3.05, 3.63) is 53.1 Å². The van der Waals surface area contributed by atoms with E-state index in [0.717, 1.165) is 24.3 Å². The summed E-state index contributed by atoms with van der Waals surface area (Å²) in [6.45, 7) is 4.73. The first-order valence-corrected chi connectivity index (χ1v) is 9.18. The molecule has 0 aromatic heterocycles. The Kier molecular flexibility index (Phi) is 6.32. The van der Waals surface area contributed by atoms with E-state index in [2.05, 4.69) is 15.5 Å². The minimum Gasteiger partial charge on any atom is -0.378 e. The van der Waals surface area contributed by atoms with Gasteiger partial charge >= 0.3 is 0 Å². The molecular formula is C20H22ClN3O3. The summed E-state index contributed by atoms with van der Waals surface area (Å²) in [4.78, 5) is 26.6.